The van der Waals surface area contributed by atoms with Gasteiger partial charge in [0, 0.05) is 35.8 Å². The molecular formula is C15H19ClN2O. The third kappa shape index (κ3) is 3.66. The average molecular weight is 279 g/mol. The van der Waals surface area contributed by atoms with Crippen LogP contribution in [0, 0.1) is 0 Å². The maximum Gasteiger partial charge on any atom is 0.0761 e. The van der Waals surface area contributed by atoms with Gasteiger partial charge in [0.1, 0.15) is 0 Å². The molecular weight excluding hydrogens is 260 g/mol. The molecule has 1 heterocycles. The van der Waals surface area contributed by atoms with Gasteiger partial charge in [-0.05, 0) is 43.5 Å². The van der Waals surface area contributed by atoms with E-state index in [-0.39, 0.29) is 6.61 Å². The number of aliphatic hydroxyl groups excluding tert-OH is 1. The Morgan fingerprint density at radius 1 is 1.37 bits per heavy atom. The molecule has 3 nitrogen and oxygen atoms in total. The molecule has 1 atom stereocenters. The normalized spacial score (nSPS) is 12.8. The summed E-state index contributed by atoms with van der Waals surface area (Å²) in [5.74, 6) is 0. The van der Waals surface area contributed by atoms with Crippen molar-refractivity contribution < 1.29 is 5.11 Å². The van der Waals surface area contributed by atoms with Crippen LogP contribution in [0.1, 0.15) is 25.3 Å². The molecule has 0 aliphatic rings. The van der Waals surface area contributed by atoms with E-state index in [9.17, 15) is 0 Å². The molecule has 0 saturated carbocycles. The molecule has 0 fully saturated rings. The summed E-state index contributed by atoms with van der Waals surface area (Å²) in [5.41, 5.74) is 2.10. The first-order valence-electron chi connectivity index (χ1n) is 6.58. The summed E-state index contributed by atoms with van der Waals surface area (Å²) in [6, 6.07) is 8.20. The summed E-state index contributed by atoms with van der Waals surface area (Å²) in [7, 11) is 0. The smallest absolute Gasteiger partial charge is 0.0761 e. The van der Waals surface area contributed by atoms with Crippen molar-refractivity contribution >= 4 is 22.5 Å². The highest BCUT2D eigenvalue weighted by molar-refractivity contribution is 6.35. The topological polar surface area (TPSA) is 45.1 Å². The maximum absolute atomic E-state index is 8.82. The van der Waals surface area contributed by atoms with Gasteiger partial charge in [-0.2, -0.15) is 0 Å². The Morgan fingerprint density at radius 3 is 3.00 bits per heavy atom. The number of aliphatic hydroxyl groups is 1. The van der Waals surface area contributed by atoms with Crippen molar-refractivity contribution in [1.29, 1.82) is 0 Å². The molecule has 1 aromatic carbocycles. The number of rotatable bonds is 6. The van der Waals surface area contributed by atoms with E-state index < -0.39 is 0 Å². The van der Waals surface area contributed by atoms with Crippen LogP contribution in [0.3, 0.4) is 0 Å². The molecule has 2 N–H and O–H groups in total. The second-order valence-electron chi connectivity index (χ2n) is 4.75. The number of halogens is 1. The van der Waals surface area contributed by atoms with Gasteiger partial charge in [0.25, 0.3) is 0 Å². The zero-order valence-corrected chi connectivity index (χ0v) is 11.8. The van der Waals surface area contributed by atoms with Crippen LogP contribution in [0.25, 0.3) is 10.9 Å². The molecule has 0 bridgehead atoms. The van der Waals surface area contributed by atoms with Crippen LogP contribution in [-0.2, 0) is 6.54 Å². The Morgan fingerprint density at radius 2 is 2.21 bits per heavy atom. The molecule has 1 unspecified atom stereocenters. The predicted octanol–water partition coefficient (Wildman–Crippen LogP) is 3.14. The van der Waals surface area contributed by atoms with Crippen LogP contribution in [0.15, 0.2) is 30.5 Å². The van der Waals surface area contributed by atoms with Crippen molar-refractivity contribution in [2.24, 2.45) is 0 Å². The standard InChI is InChI=1S/C15H19ClN2O/c1-11(4-3-9-19)18-10-12-6-7-14(16)13-5-2-8-17-15(12)13/h2,5-8,11,18-19H,3-4,9-10H2,1H3. The van der Waals surface area contributed by atoms with Crippen molar-refractivity contribution in [2.45, 2.75) is 32.4 Å². The third-order valence-electron chi connectivity index (χ3n) is 3.24. The first-order chi connectivity index (χ1) is 9.22. The van der Waals surface area contributed by atoms with Crippen molar-refractivity contribution in [2.75, 3.05) is 6.61 Å². The van der Waals surface area contributed by atoms with Crippen LogP contribution in [-0.4, -0.2) is 22.7 Å². The Hall–Kier alpha value is -1.16. The number of aromatic nitrogens is 1. The monoisotopic (exact) mass is 278 g/mol. The van der Waals surface area contributed by atoms with Crippen molar-refractivity contribution in [3.63, 3.8) is 0 Å². The zero-order chi connectivity index (χ0) is 13.7. The van der Waals surface area contributed by atoms with Crippen LogP contribution >= 0.6 is 11.6 Å². The highest BCUT2D eigenvalue weighted by Gasteiger charge is 2.07. The average Bonchev–Trinajstić information content (AvgIpc) is 2.45. The van der Waals surface area contributed by atoms with E-state index in [1.165, 1.54) is 0 Å². The largest absolute Gasteiger partial charge is 0.396 e. The van der Waals surface area contributed by atoms with Gasteiger partial charge in [-0.1, -0.05) is 17.7 Å². The summed E-state index contributed by atoms with van der Waals surface area (Å²) >= 11 is 6.17. The summed E-state index contributed by atoms with van der Waals surface area (Å²) in [6.07, 6.45) is 3.58. The lowest BCUT2D eigenvalue weighted by molar-refractivity contribution is 0.276. The second-order valence-corrected chi connectivity index (χ2v) is 5.16. The maximum atomic E-state index is 8.82. The molecule has 2 aromatic rings. The van der Waals surface area contributed by atoms with Gasteiger partial charge in [0.15, 0.2) is 0 Å². The number of benzene rings is 1. The minimum atomic E-state index is 0.247. The molecule has 0 radical (unpaired) electrons. The first-order valence-corrected chi connectivity index (χ1v) is 6.96. The van der Waals surface area contributed by atoms with E-state index in [1.54, 1.807) is 6.20 Å². The summed E-state index contributed by atoms with van der Waals surface area (Å²) in [5, 5.41) is 14.0. The number of hydrogen-bond donors (Lipinski definition) is 2. The SMILES string of the molecule is CC(CCCO)NCc1ccc(Cl)c2cccnc12. The number of pyridine rings is 1. The minimum Gasteiger partial charge on any atom is -0.396 e. The van der Waals surface area contributed by atoms with E-state index in [0.29, 0.717) is 6.04 Å². The Bertz CT molecular complexity index is 545. The fraction of sp³-hybridized carbons (Fsp3) is 0.400. The lowest BCUT2D eigenvalue weighted by Gasteiger charge is -2.14. The van der Waals surface area contributed by atoms with Gasteiger partial charge in [-0.15, -0.1) is 0 Å². The lowest BCUT2D eigenvalue weighted by Crippen LogP contribution is -2.25. The Labute approximate surface area is 118 Å². The van der Waals surface area contributed by atoms with E-state index in [2.05, 4.69) is 17.2 Å². The summed E-state index contributed by atoms with van der Waals surface area (Å²) in [4.78, 5) is 4.42. The van der Waals surface area contributed by atoms with Crippen LogP contribution in [0.4, 0.5) is 0 Å². The molecule has 4 heteroatoms. The van der Waals surface area contributed by atoms with Gasteiger partial charge in [-0.25, -0.2) is 0 Å². The minimum absolute atomic E-state index is 0.247. The van der Waals surface area contributed by atoms with Gasteiger partial charge in [-0.3, -0.25) is 4.98 Å². The third-order valence-corrected chi connectivity index (χ3v) is 3.57. The molecule has 0 saturated heterocycles. The number of nitrogens with one attached hydrogen (secondary N) is 1. The van der Waals surface area contributed by atoms with E-state index in [4.69, 9.17) is 16.7 Å². The quantitative estimate of drug-likeness (QED) is 0.853. The fourth-order valence-electron chi connectivity index (χ4n) is 2.12. The van der Waals surface area contributed by atoms with E-state index in [1.807, 2.05) is 24.3 Å². The molecule has 102 valence electrons. The Balaban J connectivity index is 2.11. The fourth-order valence-corrected chi connectivity index (χ4v) is 2.34. The van der Waals surface area contributed by atoms with Gasteiger partial charge >= 0.3 is 0 Å². The molecule has 19 heavy (non-hydrogen) atoms. The first kappa shape index (κ1) is 14.3. The van der Waals surface area contributed by atoms with Crippen LogP contribution < -0.4 is 5.32 Å². The molecule has 1 aromatic heterocycles. The van der Waals surface area contributed by atoms with Crippen molar-refractivity contribution in [3.8, 4) is 0 Å². The summed E-state index contributed by atoms with van der Waals surface area (Å²) < 4.78 is 0. The predicted molar refractivity (Wildman–Crippen MR) is 79.4 cm³/mol. The van der Waals surface area contributed by atoms with Crippen LogP contribution in [0.2, 0.25) is 5.02 Å². The Kier molecular flexibility index (Phi) is 5.14. The van der Waals surface area contributed by atoms with Gasteiger partial charge in [0.05, 0.1) is 5.52 Å². The molecule has 0 aliphatic heterocycles. The highest BCUT2D eigenvalue weighted by Crippen LogP contribution is 2.24. The van der Waals surface area contributed by atoms with Gasteiger partial charge in [0.2, 0.25) is 0 Å². The number of nitrogens with zero attached hydrogens (tertiary/aromatic N) is 1. The lowest BCUT2D eigenvalue weighted by atomic mass is 10.1. The molecule has 2 rings (SSSR count). The van der Waals surface area contributed by atoms with Gasteiger partial charge < -0.3 is 10.4 Å². The van der Waals surface area contributed by atoms with Crippen molar-refractivity contribution in [3.05, 3.63) is 41.0 Å². The second kappa shape index (κ2) is 6.85. The summed E-state index contributed by atoms with van der Waals surface area (Å²) in [6.45, 7) is 3.13. The van der Waals surface area contributed by atoms with E-state index >= 15 is 0 Å². The highest BCUT2D eigenvalue weighted by atomic mass is 35.5. The van der Waals surface area contributed by atoms with E-state index in [0.717, 1.165) is 40.9 Å². The number of hydrogen-bond acceptors (Lipinski definition) is 3. The van der Waals surface area contributed by atoms with Crippen LogP contribution in [0.5, 0.6) is 0 Å². The molecule has 0 spiro atoms. The van der Waals surface area contributed by atoms with Crippen molar-refractivity contribution in [1.82, 2.24) is 10.3 Å². The number of fused-ring (bicyclic) bond motifs is 1. The molecule has 0 amide bonds. The molecule has 0 aliphatic carbocycles. The zero-order valence-electron chi connectivity index (χ0n) is 11.1.